The molecule has 4 saturated heterocycles. The second-order valence-corrected chi connectivity index (χ2v) is 5.79. The molecule has 5 fully saturated rings. The van der Waals surface area contributed by atoms with Gasteiger partial charge in [0.2, 0.25) is 0 Å². The molecule has 1 saturated carbocycles. The fourth-order valence-corrected chi connectivity index (χ4v) is 3.29. The quantitative estimate of drug-likeness (QED) is 0.566. The van der Waals surface area contributed by atoms with E-state index in [1.165, 1.54) is 0 Å². The van der Waals surface area contributed by atoms with E-state index in [0.29, 0.717) is 48.8 Å². The minimum atomic E-state index is 0.454. The summed E-state index contributed by atoms with van der Waals surface area (Å²) in [6.07, 6.45) is 7.98. The van der Waals surface area contributed by atoms with E-state index in [9.17, 15) is 0 Å². The van der Waals surface area contributed by atoms with Crippen molar-refractivity contribution < 1.29 is 18.9 Å². The van der Waals surface area contributed by atoms with E-state index < -0.39 is 0 Å². The van der Waals surface area contributed by atoms with Gasteiger partial charge in [0.25, 0.3) is 0 Å². The third-order valence-corrected chi connectivity index (χ3v) is 4.61. The van der Waals surface area contributed by atoms with E-state index >= 15 is 0 Å². The minimum absolute atomic E-state index is 0.454. The smallest absolute Gasteiger partial charge is 0.0868 e. The first-order valence-electron chi connectivity index (χ1n) is 6.48. The second kappa shape index (κ2) is 2.80. The molecular formula is C12H16O4. The molecule has 5 aliphatic rings. The van der Waals surface area contributed by atoms with Gasteiger partial charge >= 0.3 is 0 Å². The lowest BCUT2D eigenvalue weighted by atomic mass is 10.0. The second-order valence-electron chi connectivity index (χ2n) is 5.79. The Bertz CT molecular complexity index is 245. The molecule has 0 aromatic heterocycles. The van der Waals surface area contributed by atoms with Crippen LogP contribution in [0.1, 0.15) is 25.7 Å². The van der Waals surface area contributed by atoms with E-state index in [0.717, 1.165) is 25.7 Å². The monoisotopic (exact) mass is 224 g/mol. The predicted octanol–water partition coefficient (Wildman–Crippen LogP) is 0.630. The number of rotatable bonds is 0. The largest absolute Gasteiger partial charge is 0.369 e. The fraction of sp³-hybridized carbons (Fsp3) is 1.00. The Kier molecular flexibility index (Phi) is 1.55. The normalized spacial score (nSPS) is 66.0. The molecule has 0 spiro atoms. The van der Waals surface area contributed by atoms with Gasteiger partial charge in [-0.3, -0.25) is 0 Å². The molecule has 0 amide bonds. The Morgan fingerprint density at radius 2 is 0.562 bits per heavy atom. The third kappa shape index (κ3) is 1.44. The van der Waals surface area contributed by atoms with Gasteiger partial charge in [0.05, 0.1) is 48.8 Å². The van der Waals surface area contributed by atoms with Crippen LogP contribution < -0.4 is 0 Å². The Morgan fingerprint density at radius 3 is 0.750 bits per heavy atom. The summed E-state index contributed by atoms with van der Waals surface area (Å²) in [5, 5.41) is 0. The summed E-state index contributed by atoms with van der Waals surface area (Å²) in [4.78, 5) is 0. The van der Waals surface area contributed by atoms with Gasteiger partial charge in [0.1, 0.15) is 0 Å². The van der Waals surface area contributed by atoms with Crippen LogP contribution in [0.15, 0.2) is 0 Å². The maximum absolute atomic E-state index is 5.67. The van der Waals surface area contributed by atoms with E-state index in [2.05, 4.69) is 0 Å². The predicted molar refractivity (Wildman–Crippen MR) is 53.1 cm³/mol. The zero-order chi connectivity index (χ0) is 10.3. The zero-order valence-electron chi connectivity index (χ0n) is 9.08. The minimum Gasteiger partial charge on any atom is -0.369 e. The summed E-state index contributed by atoms with van der Waals surface area (Å²) in [5.41, 5.74) is 0. The lowest BCUT2D eigenvalue weighted by Crippen LogP contribution is -2.10. The Hall–Kier alpha value is -0.160. The summed E-state index contributed by atoms with van der Waals surface area (Å²) in [7, 11) is 0. The van der Waals surface area contributed by atoms with Crippen LogP contribution in [0, 0.1) is 0 Å². The number of epoxide rings is 4. The van der Waals surface area contributed by atoms with Crippen molar-refractivity contribution >= 4 is 0 Å². The highest BCUT2D eigenvalue weighted by molar-refractivity contribution is 5.04. The lowest BCUT2D eigenvalue weighted by molar-refractivity contribution is 0.296. The zero-order valence-corrected chi connectivity index (χ0v) is 9.08. The van der Waals surface area contributed by atoms with Gasteiger partial charge in [0, 0.05) is 25.7 Å². The Balaban J connectivity index is 1.30. The maximum atomic E-state index is 5.67. The molecule has 5 rings (SSSR count). The van der Waals surface area contributed by atoms with Crippen molar-refractivity contribution in [1.82, 2.24) is 0 Å². The lowest BCUT2D eigenvalue weighted by Gasteiger charge is -1.94. The highest BCUT2D eigenvalue weighted by Crippen LogP contribution is 2.47. The molecule has 4 heteroatoms. The summed E-state index contributed by atoms with van der Waals surface area (Å²) in [6.45, 7) is 0. The van der Waals surface area contributed by atoms with Crippen molar-refractivity contribution in [3.05, 3.63) is 0 Å². The van der Waals surface area contributed by atoms with Crippen LogP contribution in [0.2, 0.25) is 0 Å². The molecule has 8 unspecified atom stereocenters. The average Bonchev–Trinajstić information content (AvgIpc) is 3.01. The number of fused-ring (bicyclic) bond motifs is 4. The van der Waals surface area contributed by atoms with Gasteiger partial charge in [-0.25, -0.2) is 0 Å². The first-order chi connectivity index (χ1) is 7.87. The molecule has 0 aromatic rings. The van der Waals surface area contributed by atoms with Gasteiger partial charge in [-0.15, -0.1) is 0 Å². The van der Waals surface area contributed by atoms with Crippen molar-refractivity contribution in [2.24, 2.45) is 0 Å². The van der Waals surface area contributed by atoms with Crippen molar-refractivity contribution in [2.45, 2.75) is 74.5 Å². The van der Waals surface area contributed by atoms with Crippen LogP contribution in [0.5, 0.6) is 0 Å². The molecule has 8 atom stereocenters. The van der Waals surface area contributed by atoms with Crippen molar-refractivity contribution in [2.75, 3.05) is 0 Å². The van der Waals surface area contributed by atoms with E-state index in [4.69, 9.17) is 18.9 Å². The van der Waals surface area contributed by atoms with Crippen molar-refractivity contribution in [3.63, 3.8) is 0 Å². The van der Waals surface area contributed by atoms with Gasteiger partial charge in [-0.2, -0.15) is 0 Å². The van der Waals surface area contributed by atoms with E-state index in [-0.39, 0.29) is 0 Å². The molecule has 16 heavy (non-hydrogen) atoms. The van der Waals surface area contributed by atoms with Crippen LogP contribution in [-0.2, 0) is 18.9 Å². The molecule has 0 radical (unpaired) electrons. The first-order valence-corrected chi connectivity index (χ1v) is 6.48. The Morgan fingerprint density at radius 1 is 0.375 bits per heavy atom. The van der Waals surface area contributed by atoms with E-state index in [1.807, 2.05) is 0 Å². The van der Waals surface area contributed by atoms with Crippen molar-refractivity contribution in [3.8, 4) is 0 Å². The molecule has 0 bridgehead atoms. The summed E-state index contributed by atoms with van der Waals surface area (Å²) in [6, 6.07) is 0. The van der Waals surface area contributed by atoms with Crippen molar-refractivity contribution in [1.29, 1.82) is 0 Å². The fourth-order valence-electron chi connectivity index (χ4n) is 3.29. The highest BCUT2D eigenvalue weighted by atomic mass is 16.6. The first kappa shape index (κ1) is 8.86. The maximum Gasteiger partial charge on any atom is 0.0868 e. The molecular weight excluding hydrogens is 208 g/mol. The van der Waals surface area contributed by atoms with Gasteiger partial charge in [-0.1, -0.05) is 0 Å². The van der Waals surface area contributed by atoms with Crippen LogP contribution in [0.4, 0.5) is 0 Å². The molecule has 0 aromatic carbocycles. The number of ether oxygens (including phenoxy) is 4. The van der Waals surface area contributed by atoms with Gasteiger partial charge in [0.15, 0.2) is 0 Å². The van der Waals surface area contributed by atoms with Crippen LogP contribution >= 0.6 is 0 Å². The molecule has 4 nitrogen and oxygen atoms in total. The molecule has 88 valence electrons. The molecule has 1 aliphatic carbocycles. The number of hydrogen-bond acceptors (Lipinski definition) is 4. The molecule has 0 N–H and O–H groups in total. The van der Waals surface area contributed by atoms with Gasteiger partial charge < -0.3 is 18.9 Å². The summed E-state index contributed by atoms with van der Waals surface area (Å²) >= 11 is 0. The van der Waals surface area contributed by atoms with Crippen LogP contribution in [0.3, 0.4) is 0 Å². The molecule has 4 aliphatic heterocycles. The standard InChI is InChI=1S/C12H16O4/c1-5-7(13-5)2-9-11(15-9)4-12-10(16-12)3-8-6(1)14-8/h5-12H,1-4H2. The topological polar surface area (TPSA) is 50.1 Å². The third-order valence-electron chi connectivity index (χ3n) is 4.61. The summed E-state index contributed by atoms with van der Waals surface area (Å²) < 4.78 is 22.7. The van der Waals surface area contributed by atoms with E-state index in [1.54, 1.807) is 0 Å². The average molecular weight is 224 g/mol. The van der Waals surface area contributed by atoms with Crippen LogP contribution in [-0.4, -0.2) is 48.8 Å². The summed E-state index contributed by atoms with van der Waals surface area (Å²) in [5.74, 6) is 0. The SMILES string of the molecule is C1C2OC2CC2OC2CC2OC2CC2OC12. The van der Waals surface area contributed by atoms with Crippen LogP contribution in [0.25, 0.3) is 0 Å². The Labute approximate surface area is 94.2 Å². The molecule has 4 heterocycles. The number of hydrogen-bond donors (Lipinski definition) is 0. The highest BCUT2D eigenvalue weighted by Gasteiger charge is 2.57. The van der Waals surface area contributed by atoms with Gasteiger partial charge in [-0.05, 0) is 0 Å².